The summed E-state index contributed by atoms with van der Waals surface area (Å²) in [6, 6.07) is 3.78. The van der Waals surface area contributed by atoms with Crippen molar-refractivity contribution in [2.24, 2.45) is 11.8 Å². The molecule has 2 heterocycles. The molecule has 0 aromatic carbocycles. The van der Waals surface area contributed by atoms with Gasteiger partial charge in [0.25, 0.3) is 0 Å². The first-order chi connectivity index (χ1) is 13.1. The van der Waals surface area contributed by atoms with Crippen molar-refractivity contribution in [3.8, 4) is 5.88 Å². The summed E-state index contributed by atoms with van der Waals surface area (Å²) in [6.07, 6.45) is 12.4. The van der Waals surface area contributed by atoms with Crippen LogP contribution in [-0.4, -0.2) is 42.0 Å². The van der Waals surface area contributed by atoms with Crippen LogP contribution in [-0.2, 0) is 4.79 Å². The number of hydrogen-bond donors (Lipinski definition) is 1. The van der Waals surface area contributed by atoms with Crippen molar-refractivity contribution in [3.05, 3.63) is 18.3 Å². The van der Waals surface area contributed by atoms with Crippen molar-refractivity contribution in [3.63, 3.8) is 0 Å². The number of carbonyl (C=O) groups is 1. The largest absolute Gasteiger partial charge is 0.474 e. The molecule has 0 radical (unpaired) electrons. The van der Waals surface area contributed by atoms with Gasteiger partial charge in [-0.25, -0.2) is 4.98 Å². The lowest BCUT2D eigenvalue weighted by Gasteiger charge is -2.29. The van der Waals surface area contributed by atoms with Gasteiger partial charge in [0.2, 0.25) is 11.8 Å². The first-order valence-electron chi connectivity index (χ1n) is 10.8. The van der Waals surface area contributed by atoms with Crippen LogP contribution in [0.2, 0.25) is 0 Å². The fourth-order valence-electron chi connectivity index (χ4n) is 4.25. The molecule has 1 aliphatic heterocycles. The van der Waals surface area contributed by atoms with Crippen molar-refractivity contribution >= 4 is 11.6 Å². The van der Waals surface area contributed by atoms with Gasteiger partial charge in [0.15, 0.2) is 0 Å². The smallest absolute Gasteiger partial charge is 0.227 e. The Morgan fingerprint density at radius 2 is 1.93 bits per heavy atom. The number of aromatic nitrogens is 1. The number of rotatable bonds is 7. The summed E-state index contributed by atoms with van der Waals surface area (Å²) >= 11 is 0. The van der Waals surface area contributed by atoms with Crippen LogP contribution in [0.3, 0.4) is 0 Å². The monoisotopic (exact) mass is 373 g/mol. The number of unbranched alkanes of at least 4 members (excludes halogenated alkanes) is 1. The average Bonchev–Trinajstić information content (AvgIpc) is 2.70. The Hall–Kier alpha value is -1.62. The SMILES string of the molecule is CCCCC1CCC(C(=O)Nc2ccc(OC3CCN(C)CC3)nc2)CC1. The summed E-state index contributed by atoms with van der Waals surface area (Å²) in [7, 11) is 2.14. The lowest BCUT2D eigenvalue weighted by molar-refractivity contribution is -0.121. The molecule has 150 valence electrons. The predicted octanol–water partition coefficient (Wildman–Crippen LogP) is 4.49. The Morgan fingerprint density at radius 1 is 1.19 bits per heavy atom. The van der Waals surface area contributed by atoms with Crippen molar-refractivity contribution < 1.29 is 9.53 Å². The third kappa shape index (κ3) is 6.20. The van der Waals surface area contributed by atoms with Crippen LogP contribution in [0.4, 0.5) is 5.69 Å². The van der Waals surface area contributed by atoms with Crippen LogP contribution in [0, 0.1) is 11.8 Å². The Balaban J connectivity index is 1.42. The van der Waals surface area contributed by atoms with Crippen LogP contribution >= 0.6 is 0 Å². The van der Waals surface area contributed by atoms with Crippen molar-refractivity contribution in [1.29, 1.82) is 0 Å². The van der Waals surface area contributed by atoms with Gasteiger partial charge in [-0.1, -0.05) is 26.2 Å². The maximum atomic E-state index is 12.5. The fourth-order valence-corrected chi connectivity index (χ4v) is 4.25. The van der Waals surface area contributed by atoms with E-state index in [1.54, 1.807) is 6.20 Å². The van der Waals surface area contributed by atoms with Crippen LogP contribution < -0.4 is 10.1 Å². The van der Waals surface area contributed by atoms with Crippen LogP contribution in [0.1, 0.15) is 64.7 Å². The number of amides is 1. The molecule has 2 fully saturated rings. The van der Waals surface area contributed by atoms with Gasteiger partial charge in [-0.2, -0.15) is 0 Å². The van der Waals surface area contributed by atoms with E-state index in [2.05, 4.69) is 29.2 Å². The van der Waals surface area contributed by atoms with Crippen molar-refractivity contribution in [2.45, 2.75) is 70.8 Å². The van der Waals surface area contributed by atoms with E-state index in [-0.39, 0.29) is 17.9 Å². The Bertz CT molecular complexity index is 574. The zero-order chi connectivity index (χ0) is 19.1. The van der Waals surface area contributed by atoms with E-state index >= 15 is 0 Å². The summed E-state index contributed by atoms with van der Waals surface area (Å²) < 4.78 is 5.97. The summed E-state index contributed by atoms with van der Waals surface area (Å²) in [5.74, 6) is 1.78. The molecule has 27 heavy (non-hydrogen) atoms. The Morgan fingerprint density at radius 3 is 2.56 bits per heavy atom. The van der Waals surface area contributed by atoms with Gasteiger partial charge in [-0.3, -0.25) is 4.79 Å². The molecule has 0 bridgehead atoms. The highest BCUT2D eigenvalue weighted by atomic mass is 16.5. The number of nitrogens with zero attached hydrogens (tertiary/aromatic N) is 2. The van der Waals surface area contributed by atoms with Gasteiger partial charge >= 0.3 is 0 Å². The molecule has 5 nitrogen and oxygen atoms in total. The standard InChI is InChI=1S/C22H35N3O2/c1-3-4-5-17-6-8-18(9-7-17)22(26)24-19-10-11-21(23-16-19)27-20-12-14-25(2)15-13-20/h10-11,16-18,20H,3-9,12-15H2,1-2H3,(H,24,26). The molecule has 2 aliphatic rings. The van der Waals surface area contributed by atoms with Crippen LogP contribution in [0.5, 0.6) is 5.88 Å². The Labute approximate surface area is 163 Å². The second-order valence-electron chi connectivity index (χ2n) is 8.35. The lowest BCUT2D eigenvalue weighted by atomic mass is 9.79. The number of nitrogens with one attached hydrogen (secondary N) is 1. The van der Waals surface area contributed by atoms with E-state index in [1.807, 2.05) is 12.1 Å². The minimum atomic E-state index is 0.148. The van der Waals surface area contributed by atoms with E-state index in [0.29, 0.717) is 5.88 Å². The Kier molecular flexibility index (Phi) is 7.50. The predicted molar refractivity (Wildman–Crippen MR) is 109 cm³/mol. The highest BCUT2D eigenvalue weighted by Crippen LogP contribution is 2.32. The van der Waals surface area contributed by atoms with Crippen LogP contribution in [0.25, 0.3) is 0 Å². The van der Waals surface area contributed by atoms with Crippen LogP contribution in [0.15, 0.2) is 18.3 Å². The van der Waals surface area contributed by atoms with Gasteiger partial charge in [-0.15, -0.1) is 0 Å². The highest BCUT2D eigenvalue weighted by molar-refractivity contribution is 5.92. The highest BCUT2D eigenvalue weighted by Gasteiger charge is 2.26. The summed E-state index contributed by atoms with van der Waals surface area (Å²) in [4.78, 5) is 19.3. The number of pyridine rings is 1. The van der Waals surface area contributed by atoms with E-state index < -0.39 is 0 Å². The van der Waals surface area contributed by atoms with Gasteiger partial charge in [0.05, 0.1) is 11.9 Å². The average molecular weight is 374 g/mol. The zero-order valence-corrected chi connectivity index (χ0v) is 17.0. The van der Waals surface area contributed by atoms with E-state index in [4.69, 9.17) is 4.74 Å². The molecule has 0 spiro atoms. The van der Waals surface area contributed by atoms with Crippen molar-refractivity contribution in [2.75, 3.05) is 25.5 Å². The number of carbonyl (C=O) groups excluding carboxylic acids is 1. The second kappa shape index (κ2) is 10.1. The topological polar surface area (TPSA) is 54.5 Å². The summed E-state index contributed by atoms with van der Waals surface area (Å²) in [6.45, 7) is 4.39. The van der Waals surface area contributed by atoms with E-state index in [9.17, 15) is 4.79 Å². The molecule has 1 saturated heterocycles. The first-order valence-corrected chi connectivity index (χ1v) is 10.8. The number of anilines is 1. The number of ether oxygens (including phenoxy) is 1. The molecule has 0 unspecified atom stereocenters. The number of hydrogen-bond acceptors (Lipinski definition) is 4. The molecule has 5 heteroatoms. The molecule has 3 rings (SSSR count). The first kappa shape index (κ1) is 20.1. The molecule has 1 N–H and O–H groups in total. The molecule has 1 aliphatic carbocycles. The molecule has 0 atom stereocenters. The lowest BCUT2D eigenvalue weighted by Crippen LogP contribution is -2.35. The maximum Gasteiger partial charge on any atom is 0.227 e. The second-order valence-corrected chi connectivity index (χ2v) is 8.35. The molecule has 1 saturated carbocycles. The minimum Gasteiger partial charge on any atom is -0.474 e. The zero-order valence-electron chi connectivity index (χ0n) is 17.0. The van der Waals surface area contributed by atoms with E-state index in [1.165, 1.54) is 32.1 Å². The minimum absolute atomic E-state index is 0.148. The fraction of sp³-hybridized carbons (Fsp3) is 0.727. The molecule has 1 aromatic heterocycles. The van der Waals surface area contributed by atoms with Gasteiger partial charge in [-0.05, 0) is 57.6 Å². The third-order valence-electron chi connectivity index (χ3n) is 6.14. The quantitative estimate of drug-likeness (QED) is 0.765. The number of likely N-dealkylation sites (tertiary alicyclic amines) is 1. The molecular formula is C22H35N3O2. The number of piperidine rings is 1. The third-order valence-corrected chi connectivity index (χ3v) is 6.14. The normalized spacial score (nSPS) is 24.5. The van der Waals surface area contributed by atoms with E-state index in [0.717, 1.165) is 50.4 Å². The van der Waals surface area contributed by atoms with Crippen molar-refractivity contribution in [1.82, 2.24) is 9.88 Å². The van der Waals surface area contributed by atoms with Gasteiger partial charge in [0.1, 0.15) is 6.10 Å². The maximum absolute atomic E-state index is 12.5. The summed E-state index contributed by atoms with van der Waals surface area (Å²) in [5.41, 5.74) is 0.767. The molecular weight excluding hydrogens is 338 g/mol. The van der Waals surface area contributed by atoms with Gasteiger partial charge < -0.3 is 15.0 Å². The molecule has 1 amide bonds. The van der Waals surface area contributed by atoms with Gasteiger partial charge in [0, 0.05) is 25.1 Å². The summed E-state index contributed by atoms with van der Waals surface area (Å²) in [5, 5.41) is 3.04. The molecule has 1 aromatic rings.